The second kappa shape index (κ2) is 9.96. The van der Waals surface area contributed by atoms with Gasteiger partial charge in [0, 0.05) is 17.5 Å². The fourth-order valence-corrected chi connectivity index (χ4v) is 4.73. The van der Waals surface area contributed by atoms with E-state index in [1.165, 1.54) is 35.0 Å². The summed E-state index contributed by atoms with van der Waals surface area (Å²) in [7, 11) is 1.42. The van der Waals surface area contributed by atoms with Crippen molar-refractivity contribution in [1.29, 1.82) is 0 Å². The molecule has 1 amide bonds. The molecule has 8 nitrogen and oxygen atoms in total. The van der Waals surface area contributed by atoms with E-state index < -0.39 is 36.3 Å². The zero-order chi connectivity index (χ0) is 26.2. The van der Waals surface area contributed by atoms with Crippen LogP contribution in [0.25, 0.3) is 17.0 Å². The number of aliphatic imine (C=N–C) groups is 1. The zero-order valence-electron chi connectivity index (χ0n) is 18.5. The molecule has 2 heterocycles. The molecular formula is C23H18ClF3N4O4S. The van der Waals surface area contributed by atoms with Crippen molar-refractivity contribution in [2.75, 3.05) is 13.7 Å². The van der Waals surface area contributed by atoms with E-state index >= 15 is 0 Å². The van der Waals surface area contributed by atoms with Gasteiger partial charge in [-0.05, 0) is 53.2 Å². The maximum atomic E-state index is 13.5. The summed E-state index contributed by atoms with van der Waals surface area (Å²) < 4.78 is 41.8. The van der Waals surface area contributed by atoms with Gasteiger partial charge in [-0.3, -0.25) is 9.48 Å². The fraction of sp³-hybridized carbons (Fsp3) is 0.217. The Kier molecular flexibility index (Phi) is 7.12. The number of halogens is 4. The number of amidine groups is 1. The molecule has 1 aliphatic heterocycles. The molecule has 13 heteroatoms. The van der Waals surface area contributed by atoms with Crippen molar-refractivity contribution < 1.29 is 33.0 Å². The lowest BCUT2D eigenvalue weighted by Crippen LogP contribution is -2.43. The minimum Gasteiger partial charge on any atom is -0.480 e. The van der Waals surface area contributed by atoms with Gasteiger partial charge in [0.2, 0.25) is 0 Å². The minimum atomic E-state index is -4.56. The summed E-state index contributed by atoms with van der Waals surface area (Å²) in [5.41, 5.74) is 0.405. The highest BCUT2D eigenvalue weighted by molar-refractivity contribution is 8.18. The monoisotopic (exact) mass is 538 g/mol. The first-order valence-electron chi connectivity index (χ1n) is 10.4. The van der Waals surface area contributed by atoms with Crippen molar-refractivity contribution in [3.8, 4) is 0 Å². The third kappa shape index (κ3) is 5.25. The predicted molar refractivity (Wildman–Crippen MR) is 130 cm³/mol. The van der Waals surface area contributed by atoms with Gasteiger partial charge in [0.05, 0.1) is 35.3 Å². The highest BCUT2D eigenvalue weighted by atomic mass is 35.5. The van der Waals surface area contributed by atoms with E-state index in [0.29, 0.717) is 16.5 Å². The smallest absolute Gasteiger partial charge is 0.416 e. The van der Waals surface area contributed by atoms with Crippen LogP contribution in [0, 0.1) is 0 Å². The summed E-state index contributed by atoms with van der Waals surface area (Å²) in [5.74, 6) is -1.81. The summed E-state index contributed by atoms with van der Waals surface area (Å²) in [6.45, 7) is -0.775. The van der Waals surface area contributed by atoms with Crippen LogP contribution in [-0.4, -0.2) is 61.6 Å². The number of aliphatic hydroxyl groups excluding tert-OH is 1. The summed E-state index contributed by atoms with van der Waals surface area (Å²) >= 11 is 6.73. The maximum absolute atomic E-state index is 13.5. The minimum absolute atomic E-state index is 0.0124. The topological polar surface area (TPSA) is 108 Å². The Balaban J connectivity index is 1.57. The van der Waals surface area contributed by atoms with E-state index in [9.17, 15) is 33.0 Å². The highest BCUT2D eigenvalue weighted by Gasteiger charge is 2.34. The van der Waals surface area contributed by atoms with E-state index in [1.807, 2.05) is 0 Å². The molecule has 0 radical (unpaired) electrons. The largest absolute Gasteiger partial charge is 0.480 e. The van der Waals surface area contributed by atoms with Gasteiger partial charge in [-0.15, -0.1) is 0 Å². The number of carboxylic acid groups (broad SMARTS) is 1. The third-order valence-electron chi connectivity index (χ3n) is 5.50. The number of hydrogen-bond acceptors (Lipinski definition) is 6. The van der Waals surface area contributed by atoms with Crippen molar-refractivity contribution in [1.82, 2.24) is 14.7 Å². The van der Waals surface area contributed by atoms with Gasteiger partial charge in [-0.1, -0.05) is 23.7 Å². The normalized spacial score (nSPS) is 16.0. The van der Waals surface area contributed by atoms with Gasteiger partial charge in [0.1, 0.15) is 0 Å². The van der Waals surface area contributed by atoms with E-state index in [-0.39, 0.29) is 27.2 Å². The van der Waals surface area contributed by atoms with Crippen LogP contribution in [0.15, 0.2) is 52.5 Å². The van der Waals surface area contributed by atoms with Gasteiger partial charge in [-0.2, -0.15) is 23.3 Å². The molecule has 1 atom stereocenters. The average Bonchev–Trinajstić information content (AvgIpc) is 3.37. The average molecular weight is 539 g/mol. The molecule has 0 spiro atoms. The molecule has 0 saturated heterocycles. The maximum Gasteiger partial charge on any atom is 0.416 e. The van der Waals surface area contributed by atoms with E-state index in [0.717, 1.165) is 17.8 Å². The molecule has 0 saturated carbocycles. The Morgan fingerprint density at radius 1 is 1.28 bits per heavy atom. The second-order valence-corrected chi connectivity index (χ2v) is 9.32. The predicted octanol–water partition coefficient (Wildman–Crippen LogP) is 4.10. The first kappa shape index (κ1) is 25.7. The number of aliphatic hydroxyl groups is 1. The Morgan fingerprint density at radius 3 is 2.69 bits per heavy atom. The van der Waals surface area contributed by atoms with E-state index in [2.05, 4.69) is 10.1 Å². The highest BCUT2D eigenvalue weighted by Crippen LogP contribution is 2.35. The van der Waals surface area contributed by atoms with Crippen LogP contribution >= 0.6 is 23.4 Å². The van der Waals surface area contributed by atoms with Crippen molar-refractivity contribution >= 4 is 57.4 Å². The number of rotatable bonds is 6. The first-order valence-corrected chi connectivity index (χ1v) is 11.6. The Labute approximate surface area is 211 Å². The standard InChI is InChI=1S/C23H18ClF3N4O4S/c1-30(18(11-32)21(34)35)22-29-20(33)19(36-22)7-12-2-5-17-14(6-12)9-28-31(17)10-13-3-4-15(24)8-16(13)23(25,26)27/h2-9,18,32H,10-11H2,1H3,(H,34,35)/b19-7-/t18-/m0/s1. The summed E-state index contributed by atoms with van der Waals surface area (Å²) in [6, 6.07) is 7.44. The molecule has 1 aliphatic rings. The number of likely N-dealkylation sites (N-methyl/N-ethyl adjacent to an activating group) is 1. The Morgan fingerprint density at radius 2 is 2.03 bits per heavy atom. The van der Waals surface area contributed by atoms with Crippen LogP contribution in [0.1, 0.15) is 16.7 Å². The van der Waals surface area contributed by atoms with Crippen LogP contribution in [-0.2, 0) is 22.3 Å². The van der Waals surface area contributed by atoms with Gasteiger partial charge < -0.3 is 15.1 Å². The number of hydrogen-bond donors (Lipinski definition) is 2. The van der Waals surface area contributed by atoms with Crippen molar-refractivity contribution in [3.05, 3.63) is 69.2 Å². The van der Waals surface area contributed by atoms with Gasteiger partial charge in [0.25, 0.3) is 5.91 Å². The summed E-state index contributed by atoms with van der Waals surface area (Å²) in [4.78, 5) is 29.0. The van der Waals surface area contributed by atoms with Crippen molar-refractivity contribution in [3.63, 3.8) is 0 Å². The Hall–Kier alpha value is -3.35. The molecule has 3 aromatic rings. The lowest BCUT2D eigenvalue weighted by Gasteiger charge is -2.23. The number of carboxylic acids is 1. The first-order chi connectivity index (χ1) is 17.0. The van der Waals surface area contributed by atoms with Crippen LogP contribution in [0.4, 0.5) is 13.2 Å². The number of thioether (sulfide) groups is 1. The molecule has 0 bridgehead atoms. The number of benzene rings is 2. The molecule has 0 fully saturated rings. The number of alkyl halides is 3. The van der Waals surface area contributed by atoms with E-state index in [1.54, 1.807) is 24.3 Å². The zero-order valence-corrected chi connectivity index (χ0v) is 20.1. The number of amides is 1. The number of carbonyl (C=O) groups is 2. The quantitative estimate of drug-likeness (QED) is 0.455. The van der Waals surface area contributed by atoms with Crippen LogP contribution < -0.4 is 0 Å². The summed E-state index contributed by atoms with van der Waals surface area (Å²) in [6.07, 6.45) is -1.48. The molecule has 1 aromatic heterocycles. The van der Waals surface area contributed by atoms with Gasteiger partial charge in [-0.25, -0.2) is 4.79 Å². The SMILES string of the molecule is CN(C1=NC(=O)/C(=C/c2ccc3c(cnn3Cc3ccc(Cl)cc3C(F)(F)F)c2)S1)[C@@H](CO)C(=O)O. The van der Waals surface area contributed by atoms with Crippen molar-refractivity contribution in [2.45, 2.75) is 18.8 Å². The lowest BCUT2D eigenvalue weighted by atomic mass is 10.1. The fourth-order valence-electron chi connectivity index (χ4n) is 3.63. The number of aliphatic carboxylic acids is 1. The lowest BCUT2D eigenvalue weighted by molar-refractivity contribution is -0.142. The van der Waals surface area contributed by atoms with E-state index in [4.69, 9.17) is 11.6 Å². The third-order valence-corrected chi connectivity index (χ3v) is 6.81. The van der Waals surface area contributed by atoms with Crippen LogP contribution in [0.5, 0.6) is 0 Å². The molecular weight excluding hydrogens is 521 g/mol. The Bertz CT molecular complexity index is 1420. The summed E-state index contributed by atoms with van der Waals surface area (Å²) in [5, 5.41) is 23.5. The van der Waals surface area contributed by atoms with Gasteiger partial charge in [0.15, 0.2) is 11.2 Å². The molecule has 2 N–H and O–H groups in total. The van der Waals surface area contributed by atoms with Crippen molar-refractivity contribution in [2.24, 2.45) is 4.99 Å². The van der Waals surface area contributed by atoms with Crippen LogP contribution in [0.3, 0.4) is 0 Å². The molecule has 36 heavy (non-hydrogen) atoms. The number of fused-ring (bicyclic) bond motifs is 1. The number of carbonyl (C=O) groups excluding carboxylic acids is 1. The molecule has 188 valence electrons. The molecule has 4 rings (SSSR count). The molecule has 2 aromatic carbocycles. The van der Waals surface area contributed by atoms with Crippen LogP contribution in [0.2, 0.25) is 5.02 Å². The molecule has 0 unspecified atom stereocenters. The molecule has 0 aliphatic carbocycles. The number of aromatic nitrogens is 2. The van der Waals surface area contributed by atoms with Gasteiger partial charge >= 0.3 is 12.1 Å². The number of nitrogens with zero attached hydrogens (tertiary/aromatic N) is 4. The second-order valence-electron chi connectivity index (χ2n) is 7.88.